The maximum Gasteiger partial charge on any atom is 0.472 e. The van der Waals surface area contributed by atoms with Gasteiger partial charge >= 0.3 is 19.8 Å². The van der Waals surface area contributed by atoms with Crippen molar-refractivity contribution in [3.05, 3.63) is 85.1 Å². The molecular formula is C45H76NO8P. The van der Waals surface area contributed by atoms with Gasteiger partial charge in [0.25, 0.3) is 0 Å². The van der Waals surface area contributed by atoms with E-state index < -0.39 is 32.5 Å². The molecule has 0 bridgehead atoms. The van der Waals surface area contributed by atoms with Gasteiger partial charge in [-0.1, -0.05) is 144 Å². The molecule has 0 amide bonds. The fraction of sp³-hybridized carbons (Fsp3) is 0.644. The summed E-state index contributed by atoms with van der Waals surface area (Å²) in [6.45, 7) is 3.50. The monoisotopic (exact) mass is 790 g/mol. The Morgan fingerprint density at radius 3 is 1.55 bits per heavy atom. The molecule has 0 saturated heterocycles. The first-order valence-corrected chi connectivity index (χ1v) is 22.6. The third-order valence-corrected chi connectivity index (χ3v) is 9.25. The molecule has 0 rings (SSSR count). The van der Waals surface area contributed by atoms with Gasteiger partial charge in [0.1, 0.15) is 6.61 Å². The normalized spacial score (nSPS) is 14.2. The Kier molecular flexibility index (Phi) is 38.8. The first-order valence-electron chi connectivity index (χ1n) is 21.1. The van der Waals surface area contributed by atoms with Crippen molar-refractivity contribution in [3.63, 3.8) is 0 Å². The minimum Gasteiger partial charge on any atom is -0.462 e. The molecule has 3 N–H and O–H groups in total. The second-order valence-corrected chi connectivity index (χ2v) is 14.9. The molecular weight excluding hydrogens is 713 g/mol. The van der Waals surface area contributed by atoms with Crippen LogP contribution in [0.25, 0.3) is 0 Å². The van der Waals surface area contributed by atoms with Gasteiger partial charge in [-0.3, -0.25) is 18.6 Å². The summed E-state index contributed by atoms with van der Waals surface area (Å²) >= 11 is 0. The molecule has 0 aliphatic carbocycles. The molecule has 0 aromatic rings. The van der Waals surface area contributed by atoms with Gasteiger partial charge in [-0.05, 0) is 83.5 Å². The van der Waals surface area contributed by atoms with E-state index in [-0.39, 0.29) is 32.6 Å². The number of hydrogen-bond donors (Lipinski definition) is 2. The summed E-state index contributed by atoms with van der Waals surface area (Å²) in [6, 6.07) is 0. The van der Waals surface area contributed by atoms with Crippen LogP contribution >= 0.6 is 7.82 Å². The highest BCUT2D eigenvalue weighted by Crippen LogP contribution is 2.43. The van der Waals surface area contributed by atoms with Crippen molar-refractivity contribution in [2.24, 2.45) is 5.73 Å². The summed E-state index contributed by atoms with van der Waals surface area (Å²) in [6.07, 6.45) is 50.4. The Labute approximate surface area is 334 Å². The molecule has 0 fully saturated rings. The van der Waals surface area contributed by atoms with Crippen molar-refractivity contribution < 1.29 is 37.6 Å². The topological polar surface area (TPSA) is 134 Å². The maximum absolute atomic E-state index is 12.6. The Morgan fingerprint density at radius 2 is 1.02 bits per heavy atom. The van der Waals surface area contributed by atoms with E-state index >= 15 is 0 Å². The van der Waals surface area contributed by atoms with E-state index in [4.69, 9.17) is 24.3 Å². The van der Waals surface area contributed by atoms with Crippen LogP contribution in [0.3, 0.4) is 0 Å². The van der Waals surface area contributed by atoms with Crippen molar-refractivity contribution in [3.8, 4) is 0 Å². The number of hydrogen-bond acceptors (Lipinski definition) is 8. The molecule has 55 heavy (non-hydrogen) atoms. The molecule has 2 atom stereocenters. The highest BCUT2D eigenvalue weighted by molar-refractivity contribution is 7.47. The lowest BCUT2D eigenvalue weighted by Gasteiger charge is -2.19. The number of allylic oxidation sites excluding steroid dienone is 14. The van der Waals surface area contributed by atoms with Crippen molar-refractivity contribution in [2.75, 3.05) is 26.4 Å². The van der Waals surface area contributed by atoms with Gasteiger partial charge in [0.05, 0.1) is 13.2 Å². The molecule has 1 unspecified atom stereocenters. The van der Waals surface area contributed by atoms with Gasteiger partial charge in [0.2, 0.25) is 0 Å². The molecule has 0 spiro atoms. The summed E-state index contributed by atoms with van der Waals surface area (Å²) in [7, 11) is -4.40. The molecule has 0 aliphatic heterocycles. The van der Waals surface area contributed by atoms with E-state index in [1.165, 1.54) is 44.9 Å². The zero-order valence-corrected chi connectivity index (χ0v) is 35.3. The van der Waals surface area contributed by atoms with E-state index in [9.17, 15) is 19.0 Å². The average Bonchev–Trinajstić information content (AvgIpc) is 3.17. The van der Waals surface area contributed by atoms with E-state index in [1.807, 2.05) is 6.08 Å². The van der Waals surface area contributed by atoms with Crippen LogP contribution in [0, 0.1) is 0 Å². The van der Waals surface area contributed by atoms with Crippen LogP contribution in [-0.4, -0.2) is 49.3 Å². The fourth-order valence-electron chi connectivity index (χ4n) is 5.17. The first-order chi connectivity index (χ1) is 26.8. The molecule has 314 valence electrons. The van der Waals surface area contributed by atoms with Crippen molar-refractivity contribution in [2.45, 2.75) is 161 Å². The maximum atomic E-state index is 12.6. The largest absolute Gasteiger partial charge is 0.472 e. The second-order valence-electron chi connectivity index (χ2n) is 13.5. The number of unbranched alkanes of at least 4 members (excludes halogenated alkanes) is 11. The minimum atomic E-state index is -4.40. The molecule has 0 aromatic carbocycles. The summed E-state index contributed by atoms with van der Waals surface area (Å²) < 4.78 is 32.7. The average molecular weight is 790 g/mol. The smallest absolute Gasteiger partial charge is 0.462 e. The Hall–Kier alpha value is -2.81. The van der Waals surface area contributed by atoms with Crippen LogP contribution in [0.1, 0.15) is 155 Å². The zero-order valence-electron chi connectivity index (χ0n) is 34.4. The molecule has 0 radical (unpaired) electrons. The molecule has 0 saturated carbocycles. The summed E-state index contributed by atoms with van der Waals surface area (Å²) in [5.74, 6) is -0.914. The van der Waals surface area contributed by atoms with E-state index in [0.717, 1.165) is 70.6 Å². The standard InChI is InChI=1S/C45H76NO8P/c1-3-5-7-9-11-13-15-17-19-21-23-25-27-29-31-33-35-37-44(47)51-41-43(42-53-55(49,50)52-40-39-46)54-45(48)38-36-34-32-30-28-26-24-22-20-18-16-14-12-10-8-6-4-2/h5,7,11-14,17-20,23,25,29,31,43H,3-4,6,8-10,15-16,21-22,24,26-28,30,32-42,46H2,1-2H3,(H,49,50)/t43-/m1/s1. The van der Waals surface area contributed by atoms with Gasteiger partial charge in [-0.15, -0.1) is 0 Å². The third kappa shape index (κ3) is 40.7. The van der Waals surface area contributed by atoms with E-state index in [1.54, 1.807) is 0 Å². The number of phosphoric acid groups is 1. The number of rotatable bonds is 38. The SMILES string of the molecule is CCC=CCC=CCC=CCC=CCC=CCCCC(=O)OC[C@H](COP(=O)(O)OCCN)OC(=O)CCCCCCCCCC=CCC=CCCCCC. The fourth-order valence-corrected chi connectivity index (χ4v) is 5.93. The Bertz CT molecular complexity index is 1170. The Balaban J connectivity index is 4.30. The number of phosphoric ester groups is 1. The highest BCUT2D eigenvalue weighted by atomic mass is 31.2. The number of ether oxygens (including phenoxy) is 2. The third-order valence-electron chi connectivity index (χ3n) is 8.27. The van der Waals surface area contributed by atoms with Crippen LogP contribution < -0.4 is 5.73 Å². The summed E-state index contributed by atoms with van der Waals surface area (Å²) in [5, 5.41) is 0. The lowest BCUT2D eigenvalue weighted by atomic mass is 10.1. The van der Waals surface area contributed by atoms with Crippen molar-refractivity contribution in [1.29, 1.82) is 0 Å². The molecule has 9 nitrogen and oxygen atoms in total. The lowest BCUT2D eigenvalue weighted by molar-refractivity contribution is -0.161. The van der Waals surface area contributed by atoms with Crippen LogP contribution in [0.4, 0.5) is 0 Å². The predicted octanol–water partition coefficient (Wildman–Crippen LogP) is 12.0. The summed E-state index contributed by atoms with van der Waals surface area (Å²) in [5.41, 5.74) is 5.34. The predicted molar refractivity (Wildman–Crippen MR) is 229 cm³/mol. The highest BCUT2D eigenvalue weighted by Gasteiger charge is 2.25. The molecule has 0 aliphatic rings. The molecule has 0 aromatic heterocycles. The summed E-state index contributed by atoms with van der Waals surface area (Å²) in [4.78, 5) is 34.8. The number of nitrogens with two attached hydrogens (primary N) is 1. The Morgan fingerprint density at radius 1 is 0.564 bits per heavy atom. The van der Waals surface area contributed by atoms with Crippen LogP contribution in [0.2, 0.25) is 0 Å². The molecule has 0 heterocycles. The number of carbonyl (C=O) groups excluding carboxylic acids is 2. The van der Waals surface area contributed by atoms with Crippen molar-refractivity contribution >= 4 is 19.8 Å². The number of esters is 2. The quantitative estimate of drug-likeness (QED) is 0.0271. The van der Waals surface area contributed by atoms with Gasteiger partial charge < -0.3 is 20.1 Å². The van der Waals surface area contributed by atoms with E-state index in [2.05, 4.69) is 92.8 Å². The van der Waals surface area contributed by atoms with Gasteiger partial charge in [-0.25, -0.2) is 4.57 Å². The second kappa shape index (κ2) is 40.8. The van der Waals surface area contributed by atoms with Crippen molar-refractivity contribution in [1.82, 2.24) is 0 Å². The van der Waals surface area contributed by atoms with Crippen LogP contribution in [0.15, 0.2) is 85.1 Å². The first kappa shape index (κ1) is 52.2. The van der Waals surface area contributed by atoms with Gasteiger partial charge in [0.15, 0.2) is 6.10 Å². The lowest BCUT2D eigenvalue weighted by Crippen LogP contribution is -2.29. The van der Waals surface area contributed by atoms with E-state index in [0.29, 0.717) is 12.8 Å². The van der Waals surface area contributed by atoms with Gasteiger partial charge in [-0.2, -0.15) is 0 Å². The zero-order chi connectivity index (χ0) is 40.3. The molecule has 10 heteroatoms. The van der Waals surface area contributed by atoms with Gasteiger partial charge in [0, 0.05) is 19.4 Å². The minimum absolute atomic E-state index is 0.0399. The van der Waals surface area contributed by atoms with Crippen LogP contribution in [-0.2, 0) is 32.7 Å². The van der Waals surface area contributed by atoms with Crippen LogP contribution in [0.5, 0.6) is 0 Å². The number of carbonyl (C=O) groups is 2.